The van der Waals surface area contributed by atoms with Crippen LogP contribution in [0.5, 0.6) is 0 Å². The molecular formula is C17H29N. The lowest BCUT2D eigenvalue weighted by Crippen LogP contribution is -2.39. The van der Waals surface area contributed by atoms with E-state index in [9.17, 15) is 0 Å². The second-order valence-corrected chi connectivity index (χ2v) is 5.84. The van der Waals surface area contributed by atoms with Gasteiger partial charge in [0.05, 0.1) is 0 Å². The lowest BCUT2D eigenvalue weighted by molar-refractivity contribution is 0.300. The van der Waals surface area contributed by atoms with E-state index < -0.39 is 0 Å². The Morgan fingerprint density at radius 1 is 1.06 bits per heavy atom. The first-order valence-electron chi connectivity index (χ1n) is 7.25. The Labute approximate surface area is 113 Å². The molecule has 0 aliphatic carbocycles. The predicted molar refractivity (Wildman–Crippen MR) is 81.1 cm³/mol. The fourth-order valence-electron chi connectivity index (χ4n) is 2.56. The summed E-state index contributed by atoms with van der Waals surface area (Å²) in [5.74, 6) is 1.42. The van der Waals surface area contributed by atoms with Crippen molar-refractivity contribution in [2.75, 3.05) is 6.54 Å². The van der Waals surface area contributed by atoms with Gasteiger partial charge in [-0.15, -0.1) is 0 Å². The lowest BCUT2D eigenvalue weighted by Gasteiger charge is -2.29. The van der Waals surface area contributed by atoms with Crippen molar-refractivity contribution in [2.45, 2.75) is 54.0 Å². The Morgan fingerprint density at radius 3 is 2.06 bits per heavy atom. The Kier molecular flexibility index (Phi) is 5.87. The van der Waals surface area contributed by atoms with Crippen molar-refractivity contribution in [3.05, 3.63) is 34.9 Å². The maximum atomic E-state index is 3.67. The highest BCUT2D eigenvalue weighted by atomic mass is 14.9. The molecule has 2 atom stereocenters. The van der Waals surface area contributed by atoms with Gasteiger partial charge in [0.2, 0.25) is 0 Å². The highest BCUT2D eigenvalue weighted by Gasteiger charge is 2.20. The third kappa shape index (κ3) is 3.84. The molecule has 0 saturated heterocycles. The third-order valence-electron chi connectivity index (χ3n) is 4.22. The normalized spacial score (nSPS) is 14.8. The van der Waals surface area contributed by atoms with Crippen LogP contribution >= 0.6 is 0 Å². The van der Waals surface area contributed by atoms with E-state index in [-0.39, 0.29) is 0 Å². The molecular weight excluding hydrogens is 218 g/mol. The summed E-state index contributed by atoms with van der Waals surface area (Å²) in [6, 6.07) is 7.19. The molecule has 0 aliphatic rings. The standard InChI is InChI=1S/C17H29N/c1-7-18-17(15(6)12(2)3)11-16-13(4)9-8-10-14(16)5/h8-10,12,15,17-18H,7,11H2,1-6H3. The molecule has 1 N–H and O–H groups in total. The summed E-state index contributed by atoms with van der Waals surface area (Å²) in [4.78, 5) is 0. The zero-order chi connectivity index (χ0) is 13.7. The molecule has 0 heterocycles. The summed E-state index contributed by atoms with van der Waals surface area (Å²) < 4.78 is 0. The number of hydrogen-bond acceptors (Lipinski definition) is 1. The largest absolute Gasteiger partial charge is 0.314 e. The maximum Gasteiger partial charge on any atom is 0.0136 e. The fraction of sp³-hybridized carbons (Fsp3) is 0.647. The molecule has 0 fully saturated rings. The molecule has 0 spiro atoms. The molecule has 2 unspecified atom stereocenters. The van der Waals surface area contributed by atoms with Crippen LogP contribution in [-0.4, -0.2) is 12.6 Å². The van der Waals surface area contributed by atoms with Gasteiger partial charge < -0.3 is 5.32 Å². The van der Waals surface area contributed by atoms with Gasteiger partial charge in [0, 0.05) is 6.04 Å². The minimum absolute atomic E-state index is 0.579. The molecule has 18 heavy (non-hydrogen) atoms. The number of benzene rings is 1. The average Bonchev–Trinajstić information content (AvgIpc) is 2.31. The first-order valence-corrected chi connectivity index (χ1v) is 7.25. The molecule has 0 aliphatic heterocycles. The Hall–Kier alpha value is -0.820. The summed E-state index contributed by atoms with van der Waals surface area (Å²) in [5.41, 5.74) is 4.37. The van der Waals surface area contributed by atoms with Crippen molar-refractivity contribution in [3.63, 3.8) is 0 Å². The topological polar surface area (TPSA) is 12.0 Å². The van der Waals surface area contributed by atoms with Gasteiger partial charge in [-0.25, -0.2) is 0 Å². The zero-order valence-electron chi connectivity index (χ0n) is 12.9. The summed E-state index contributed by atoms with van der Waals surface area (Å²) in [6.45, 7) is 14.7. The van der Waals surface area contributed by atoms with Gasteiger partial charge in [-0.1, -0.05) is 45.9 Å². The van der Waals surface area contributed by atoms with Crippen LogP contribution in [0.15, 0.2) is 18.2 Å². The van der Waals surface area contributed by atoms with E-state index >= 15 is 0 Å². The van der Waals surface area contributed by atoms with Crippen molar-refractivity contribution in [1.29, 1.82) is 0 Å². The number of aryl methyl sites for hydroxylation is 2. The first kappa shape index (κ1) is 15.2. The van der Waals surface area contributed by atoms with Crippen LogP contribution in [0, 0.1) is 25.7 Å². The molecule has 1 aromatic carbocycles. The number of nitrogens with one attached hydrogen (secondary N) is 1. The van der Waals surface area contributed by atoms with Crippen molar-refractivity contribution < 1.29 is 0 Å². The van der Waals surface area contributed by atoms with Crippen LogP contribution in [0.3, 0.4) is 0 Å². The molecule has 0 aromatic heterocycles. The average molecular weight is 247 g/mol. The van der Waals surface area contributed by atoms with E-state index in [1.807, 2.05) is 0 Å². The minimum atomic E-state index is 0.579. The third-order valence-corrected chi connectivity index (χ3v) is 4.22. The number of hydrogen-bond donors (Lipinski definition) is 1. The van der Waals surface area contributed by atoms with Crippen LogP contribution in [0.25, 0.3) is 0 Å². The molecule has 0 bridgehead atoms. The van der Waals surface area contributed by atoms with Gasteiger partial charge in [-0.2, -0.15) is 0 Å². The van der Waals surface area contributed by atoms with Gasteiger partial charge in [-0.05, 0) is 55.3 Å². The van der Waals surface area contributed by atoms with E-state index in [0.29, 0.717) is 12.0 Å². The van der Waals surface area contributed by atoms with Crippen LogP contribution in [0.2, 0.25) is 0 Å². The highest BCUT2D eigenvalue weighted by Crippen LogP contribution is 2.22. The second-order valence-electron chi connectivity index (χ2n) is 5.84. The van der Waals surface area contributed by atoms with Gasteiger partial charge in [0.15, 0.2) is 0 Å². The van der Waals surface area contributed by atoms with E-state index in [2.05, 4.69) is 65.1 Å². The smallest absolute Gasteiger partial charge is 0.0136 e. The minimum Gasteiger partial charge on any atom is -0.314 e. The fourth-order valence-corrected chi connectivity index (χ4v) is 2.56. The molecule has 1 rings (SSSR count). The summed E-state index contributed by atoms with van der Waals surface area (Å²) in [7, 11) is 0. The quantitative estimate of drug-likeness (QED) is 0.797. The van der Waals surface area contributed by atoms with E-state index in [0.717, 1.165) is 18.9 Å². The van der Waals surface area contributed by atoms with E-state index in [1.54, 1.807) is 0 Å². The van der Waals surface area contributed by atoms with Crippen LogP contribution in [-0.2, 0) is 6.42 Å². The molecule has 0 radical (unpaired) electrons. The SMILES string of the molecule is CCNC(Cc1c(C)cccc1C)C(C)C(C)C. The molecule has 102 valence electrons. The summed E-state index contributed by atoms with van der Waals surface area (Å²) in [5, 5.41) is 3.67. The molecule has 1 nitrogen and oxygen atoms in total. The van der Waals surface area contributed by atoms with Gasteiger partial charge in [0.25, 0.3) is 0 Å². The van der Waals surface area contributed by atoms with Crippen molar-refractivity contribution in [3.8, 4) is 0 Å². The Bertz CT molecular complexity index is 348. The van der Waals surface area contributed by atoms with Crippen LogP contribution in [0.4, 0.5) is 0 Å². The van der Waals surface area contributed by atoms with E-state index in [4.69, 9.17) is 0 Å². The second kappa shape index (κ2) is 6.94. The molecule has 0 amide bonds. The number of likely N-dealkylation sites (N-methyl/N-ethyl adjacent to an activating group) is 1. The van der Waals surface area contributed by atoms with Gasteiger partial charge in [0.1, 0.15) is 0 Å². The van der Waals surface area contributed by atoms with E-state index in [1.165, 1.54) is 16.7 Å². The van der Waals surface area contributed by atoms with Crippen molar-refractivity contribution in [2.24, 2.45) is 11.8 Å². The van der Waals surface area contributed by atoms with Crippen molar-refractivity contribution >= 4 is 0 Å². The summed E-state index contributed by atoms with van der Waals surface area (Å²) >= 11 is 0. The monoisotopic (exact) mass is 247 g/mol. The maximum absolute atomic E-state index is 3.67. The number of rotatable bonds is 6. The van der Waals surface area contributed by atoms with Gasteiger partial charge >= 0.3 is 0 Å². The Morgan fingerprint density at radius 2 is 1.61 bits per heavy atom. The summed E-state index contributed by atoms with van der Waals surface area (Å²) in [6.07, 6.45) is 1.14. The highest BCUT2D eigenvalue weighted by molar-refractivity contribution is 5.34. The zero-order valence-corrected chi connectivity index (χ0v) is 12.9. The Balaban J connectivity index is 2.89. The predicted octanol–water partition coefficient (Wildman–Crippen LogP) is 4.12. The van der Waals surface area contributed by atoms with Crippen molar-refractivity contribution in [1.82, 2.24) is 5.32 Å². The molecule has 1 aromatic rings. The van der Waals surface area contributed by atoms with Crippen LogP contribution in [0.1, 0.15) is 44.4 Å². The lowest BCUT2D eigenvalue weighted by atomic mass is 9.84. The molecule has 1 heteroatoms. The molecule has 0 saturated carbocycles. The first-order chi connectivity index (χ1) is 8.47. The van der Waals surface area contributed by atoms with Crippen LogP contribution < -0.4 is 5.32 Å². The van der Waals surface area contributed by atoms with Gasteiger partial charge in [-0.3, -0.25) is 0 Å².